The summed E-state index contributed by atoms with van der Waals surface area (Å²) >= 11 is 6.06. The Bertz CT molecular complexity index is 1770. The average Bonchev–Trinajstić information content (AvgIpc) is 3.03. The minimum Gasteiger partial charge on any atom is -0.493 e. The number of methoxy groups -OCH3 is 2. The summed E-state index contributed by atoms with van der Waals surface area (Å²) < 4.78 is 64.0. The van der Waals surface area contributed by atoms with Gasteiger partial charge in [-0.25, -0.2) is 18.2 Å². The summed E-state index contributed by atoms with van der Waals surface area (Å²) in [6.07, 6.45) is 1.38. The van der Waals surface area contributed by atoms with E-state index in [2.05, 4.69) is 10.5 Å². The molecule has 0 aromatic heterocycles. The Hall–Kier alpha value is -4.81. The van der Waals surface area contributed by atoms with Crippen LogP contribution >= 0.6 is 11.6 Å². The zero-order chi connectivity index (χ0) is 32.4. The Balaban J connectivity index is 1.50. The number of carbonyl (C=O) groups is 1. The number of benzene rings is 4. The molecule has 1 amide bonds. The number of hydrogen-bond acceptors (Lipinski definition) is 8. The van der Waals surface area contributed by atoms with Crippen LogP contribution < -0.4 is 28.7 Å². The molecule has 0 unspecified atom stereocenters. The van der Waals surface area contributed by atoms with Gasteiger partial charge in [0.05, 0.1) is 37.6 Å². The van der Waals surface area contributed by atoms with Crippen molar-refractivity contribution in [1.82, 2.24) is 5.43 Å². The van der Waals surface area contributed by atoms with Crippen molar-refractivity contribution in [3.05, 3.63) is 107 Å². The van der Waals surface area contributed by atoms with Crippen LogP contribution in [0.4, 0.5) is 10.1 Å². The maximum Gasteiger partial charge on any atom is 0.264 e. The van der Waals surface area contributed by atoms with Gasteiger partial charge < -0.3 is 18.9 Å². The Morgan fingerprint density at radius 2 is 1.64 bits per heavy atom. The topological polar surface area (TPSA) is 116 Å². The number of anilines is 1. The van der Waals surface area contributed by atoms with Crippen LogP contribution in [-0.4, -0.2) is 47.9 Å². The predicted octanol–water partition coefficient (Wildman–Crippen LogP) is 5.82. The molecule has 0 spiro atoms. The second-order valence-corrected chi connectivity index (χ2v) is 11.7. The molecule has 0 aliphatic rings. The molecular formula is C32H31ClFN3O7S. The van der Waals surface area contributed by atoms with Gasteiger partial charge in [-0.15, -0.1) is 0 Å². The Morgan fingerprint density at radius 3 is 2.33 bits per heavy atom. The normalized spacial score (nSPS) is 11.2. The molecule has 0 saturated carbocycles. The Morgan fingerprint density at radius 1 is 0.911 bits per heavy atom. The van der Waals surface area contributed by atoms with Gasteiger partial charge in [0.1, 0.15) is 19.0 Å². The zero-order valence-electron chi connectivity index (χ0n) is 24.7. The molecule has 236 valence electrons. The lowest BCUT2D eigenvalue weighted by molar-refractivity contribution is -0.119. The van der Waals surface area contributed by atoms with E-state index in [4.69, 9.17) is 30.5 Å². The molecule has 0 fully saturated rings. The number of rotatable bonds is 14. The molecule has 0 aliphatic heterocycles. The third-order valence-corrected chi connectivity index (χ3v) is 8.30. The van der Waals surface area contributed by atoms with E-state index in [0.29, 0.717) is 34.4 Å². The standard InChI is InChI=1S/C32H31ClFN3O7S/c1-4-43-31-17-22(8-14-29(31)44-21-23-6-5-7-24(33)16-23)19-35-36-32(38)20-37(26-11-9-25(34)10-12-26)45(39,40)27-13-15-28(41-2)30(18-27)42-3/h5-19H,4,20-21H2,1-3H3,(H,36,38)/b35-19-. The highest BCUT2D eigenvalue weighted by Crippen LogP contribution is 2.32. The molecule has 4 aromatic rings. The van der Waals surface area contributed by atoms with Crippen molar-refractivity contribution in [2.24, 2.45) is 5.10 Å². The first kappa shape index (κ1) is 33.1. The second-order valence-electron chi connectivity index (χ2n) is 9.36. The highest BCUT2D eigenvalue weighted by atomic mass is 35.5. The third-order valence-electron chi connectivity index (χ3n) is 6.30. The van der Waals surface area contributed by atoms with Crippen molar-refractivity contribution < 1.29 is 36.6 Å². The van der Waals surface area contributed by atoms with E-state index >= 15 is 0 Å². The third kappa shape index (κ3) is 8.64. The lowest BCUT2D eigenvalue weighted by Crippen LogP contribution is -2.39. The number of nitrogens with one attached hydrogen (secondary N) is 1. The van der Waals surface area contributed by atoms with Gasteiger partial charge in [-0.1, -0.05) is 23.7 Å². The number of ether oxygens (including phenoxy) is 4. The summed E-state index contributed by atoms with van der Waals surface area (Å²) in [5, 5.41) is 4.59. The van der Waals surface area contributed by atoms with Gasteiger partial charge in [0.2, 0.25) is 0 Å². The maximum absolute atomic E-state index is 13.7. The fraction of sp³-hybridized carbons (Fsp3) is 0.188. The van der Waals surface area contributed by atoms with E-state index in [1.165, 1.54) is 50.8 Å². The fourth-order valence-corrected chi connectivity index (χ4v) is 5.80. The van der Waals surface area contributed by atoms with Crippen molar-refractivity contribution in [3.63, 3.8) is 0 Å². The highest BCUT2D eigenvalue weighted by molar-refractivity contribution is 7.92. The number of sulfonamides is 1. The average molecular weight is 656 g/mol. The van der Waals surface area contributed by atoms with Gasteiger partial charge in [-0.2, -0.15) is 5.10 Å². The SMILES string of the molecule is CCOc1cc(/C=N\NC(=O)CN(c2ccc(F)cc2)S(=O)(=O)c2ccc(OC)c(OC)c2)ccc1OCc1cccc(Cl)c1. The first-order valence-corrected chi connectivity index (χ1v) is 15.4. The molecule has 4 aromatic carbocycles. The van der Waals surface area contributed by atoms with Gasteiger partial charge in [-0.05, 0) is 84.8 Å². The lowest BCUT2D eigenvalue weighted by atomic mass is 10.2. The van der Waals surface area contributed by atoms with Gasteiger partial charge in [0.15, 0.2) is 23.0 Å². The molecular weight excluding hydrogens is 625 g/mol. The van der Waals surface area contributed by atoms with Crippen molar-refractivity contribution >= 4 is 39.4 Å². The van der Waals surface area contributed by atoms with Gasteiger partial charge in [0, 0.05) is 11.1 Å². The van der Waals surface area contributed by atoms with Gasteiger partial charge in [-0.3, -0.25) is 9.10 Å². The minimum absolute atomic E-state index is 0.0695. The Kier molecular flexibility index (Phi) is 11.2. The number of hydrogen-bond donors (Lipinski definition) is 1. The molecule has 0 heterocycles. The van der Waals surface area contributed by atoms with Crippen molar-refractivity contribution in [1.29, 1.82) is 0 Å². The van der Waals surface area contributed by atoms with Crippen LogP contribution in [0.2, 0.25) is 5.02 Å². The van der Waals surface area contributed by atoms with E-state index in [0.717, 1.165) is 22.0 Å². The van der Waals surface area contributed by atoms with E-state index in [1.807, 2.05) is 25.1 Å². The van der Waals surface area contributed by atoms with Gasteiger partial charge >= 0.3 is 0 Å². The zero-order valence-corrected chi connectivity index (χ0v) is 26.3. The molecule has 0 radical (unpaired) electrons. The van der Waals surface area contributed by atoms with E-state index < -0.39 is 28.3 Å². The van der Waals surface area contributed by atoms with Gasteiger partial charge in [0.25, 0.3) is 15.9 Å². The smallest absolute Gasteiger partial charge is 0.264 e. The number of carbonyl (C=O) groups excluding carboxylic acids is 1. The van der Waals surface area contributed by atoms with Crippen LogP contribution in [0.3, 0.4) is 0 Å². The molecule has 4 rings (SSSR count). The summed E-state index contributed by atoms with van der Waals surface area (Å²) in [7, 11) is -1.52. The highest BCUT2D eigenvalue weighted by Gasteiger charge is 2.28. The monoisotopic (exact) mass is 655 g/mol. The second kappa shape index (κ2) is 15.3. The summed E-state index contributed by atoms with van der Waals surface area (Å²) in [6, 6.07) is 21.2. The molecule has 0 bridgehead atoms. The van der Waals surface area contributed by atoms with E-state index in [-0.39, 0.29) is 22.9 Å². The van der Waals surface area contributed by atoms with Crippen LogP contribution in [0.5, 0.6) is 23.0 Å². The molecule has 13 heteroatoms. The number of halogens is 2. The summed E-state index contributed by atoms with van der Waals surface area (Å²) in [5.74, 6) is 0.172. The first-order valence-electron chi connectivity index (χ1n) is 13.6. The largest absolute Gasteiger partial charge is 0.493 e. The van der Waals surface area contributed by atoms with E-state index in [9.17, 15) is 17.6 Å². The quantitative estimate of drug-likeness (QED) is 0.134. The fourth-order valence-electron chi connectivity index (χ4n) is 4.15. The molecule has 10 nitrogen and oxygen atoms in total. The van der Waals surface area contributed by atoms with Crippen molar-refractivity contribution in [3.8, 4) is 23.0 Å². The number of amides is 1. The molecule has 45 heavy (non-hydrogen) atoms. The van der Waals surface area contributed by atoms with Crippen LogP contribution in [0.15, 0.2) is 94.9 Å². The van der Waals surface area contributed by atoms with Crippen LogP contribution in [0.25, 0.3) is 0 Å². The van der Waals surface area contributed by atoms with E-state index in [1.54, 1.807) is 24.3 Å². The number of nitrogens with zero attached hydrogens (tertiary/aromatic N) is 2. The summed E-state index contributed by atoms with van der Waals surface area (Å²) in [6.45, 7) is 1.85. The molecule has 0 saturated heterocycles. The predicted molar refractivity (Wildman–Crippen MR) is 170 cm³/mol. The number of hydrazone groups is 1. The van der Waals surface area contributed by atoms with Crippen LogP contribution in [0, 0.1) is 5.82 Å². The summed E-state index contributed by atoms with van der Waals surface area (Å²) in [4.78, 5) is 12.8. The lowest BCUT2D eigenvalue weighted by Gasteiger charge is -2.24. The molecule has 0 aliphatic carbocycles. The minimum atomic E-state index is -4.32. The van der Waals surface area contributed by atoms with Crippen molar-refractivity contribution in [2.75, 3.05) is 31.7 Å². The maximum atomic E-state index is 13.7. The molecule has 0 atom stereocenters. The summed E-state index contributed by atoms with van der Waals surface area (Å²) in [5.41, 5.74) is 3.89. The Labute approximate surface area is 266 Å². The van der Waals surface area contributed by atoms with Crippen LogP contribution in [-0.2, 0) is 21.4 Å². The van der Waals surface area contributed by atoms with Crippen LogP contribution in [0.1, 0.15) is 18.1 Å². The first-order chi connectivity index (χ1) is 21.6. The molecule has 1 N–H and O–H groups in total. The van der Waals surface area contributed by atoms with Crippen molar-refractivity contribution in [2.45, 2.75) is 18.4 Å².